The van der Waals surface area contributed by atoms with Crippen molar-refractivity contribution in [2.24, 2.45) is 0 Å². The molecule has 0 saturated carbocycles. The molecule has 1 N–H and O–H groups in total. The van der Waals surface area contributed by atoms with Crippen LogP contribution in [0, 0.1) is 0 Å². The number of rotatable bonds is 3. The summed E-state index contributed by atoms with van der Waals surface area (Å²) >= 11 is 18.1. The molecule has 0 amide bonds. The molecule has 0 radical (unpaired) electrons. The summed E-state index contributed by atoms with van der Waals surface area (Å²) in [5, 5.41) is 5.19. The number of nitrogens with one attached hydrogen (secondary N) is 1. The fraction of sp³-hybridized carbons (Fsp3) is 0.143. The molecule has 2 rings (SSSR count). The van der Waals surface area contributed by atoms with Gasteiger partial charge in [0, 0.05) is 10.7 Å². The Morgan fingerprint density at radius 3 is 2.44 bits per heavy atom. The molecule has 0 aliphatic heterocycles. The van der Waals surface area contributed by atoms with Gasteiger partial charge >= 0.3 is 0 Å². The van der Waals surface area contributed by atoms with Crippen LogP contribution in [0.4, 0.5) is 5.69 Å². The molecule has 0 aliphatic rings. The van der Waals surface area contributed by atoms with E-state index in [9.17, 15) is 0 Å². The highest BCUT2D eigenvalue weighted by atomic mass is 35.5. The maximum absolute atomic E-state index is 6.19. The zero-order valence-electron chi connectivity index (χ0n) is 9.75. The average molecular weight is 301 g/mol. The van der Waals surface area contributed by atoms with E-state index in [1.165, 1.54) is 0 Å². The van der Waals surface area contributed by atoms with E-state index in [2.05, 4.69) is 5.32 Å². The third-order valence-electron chi connectivity index (χ3n) is 2.66. The summed E-state index contributed by atoms with van der Waals surface area (Å²) in [5.74, 6) is 0. The third-order valence-corrected chi connectivity index (χ3v) is 3.72. The second kappa shape index (κ2) is 5.83. The maximum atomic E-state index is 6.19. The van der Waals surface area contributed by atoms with Crippen molar-refractivity contribution in [2.75, 3.05) is 5.32 Å². The first-order valence-corrected chi connectivity index (χ1v) is 6.67. The predicted molar refractivity (Wildman–Crippen MR) is 80.0 cm³/mol. The van der Waals surface area contributed by atoms with Crippen molar-refractivity contribution in [1.29, 1.82) is 0 Å². The van der Waals surface area contributed by atoms with E-state index in [-0.39, 0.29) is 6.04 Å². The fourth-order valence-electron chi connectivity index (χ4n) is 1.76. The van der Waals surface area contributed by atoms with Gasteiger partial charge in [-0.05, 0) is 36.8 Å². The van der Waals surface area contributed by atoms with Crippen LogP contribution in [0.1, 0.15) is 18.5 Å². The van der Waals surface area contributed by atoms with Crippen molar-refractivity contribution in [3.05, 3.63) is 63.1 Å². The number of benzene rings is 2. The van der Waals surface area contributed by atoms with Crippen molar-refractivity contribution in [3.8, 4) is 0 Å². The summed E-state index contributed by atoms with van der Waals surface area (Å²) in [4.78, 5) is 0. The molecule has 2 aromatic rings. The Bertz CT molecular complexity index is 554. The first-order valence-electron chi connectivity index (χ1n) is 5.54. The number of hydrogen-bond acceptors (Lipinski definition) is 1. The average Bonchev–Trinajstić information content (AvgIpc) is 2.32. The smallest absolute Gasteiger partial charge is 0.0644 e. The number of halogens is 3. The van der Waals surface area contributed by atoms with E-state index in [1.54, 1.807) is 6.07 Å². The van der Waals surface area contributed by atoms with E-state index in [0.29, 0.717) is 15.1 Å². The Balaban J connectivity index is 2.22. The molecule has 0 aromatic heterocycles. The Kier molecular flexibility index (Phi) is 4.39. The van der Waals surface area contributed by atoms with E-state index in [4.69, 9.17) is 34.8 Å². The lowest BCUT2D eigenvalue weighted by atomic mass is 10.1. The zero-order chi connectivity index (χ0) is 13.1. The molecule has 2 aromatic carbocycles. The van der Waals surface area contributed by atoms with Gasteiger partial charge in [-0.25, -0.2) is 0 Å². The molecule has 1 nitrogen and oxygen atoms in total. The van der Waals surface area contributed by atoms with Crippen LogP contribution in [0.5, 0.6) is 0 Å². The molecule has 0 heterocycles. The van der Waals surface area contributed by atoms with Crippen LogP contribution in [-0.4, -0.2) is 0 Å². The van der Waals surface area contributed by atoms with E-state index in [0.717, 1.165) is 11.3 Å². The quantitative estimate of drug-likeness (QED) is 0.753. The molecule has 0 spiro atoms. The van der Waals surface area contributed by atoms with Crippen LogP contribution in [-0.2, 0) is 0 Å². The normalized spacial score (nSPS) is 12.2. The molecule has 18 heavy (non-hydrogen) atoms. The van der Waals surface area contributed by atoms with Crippen LogP contribution in [0.15, 0.2) is 42.5 Å². The summed E-state index contributed by atoms with van der Waals surface area (Å²) < 4.78 is 0. The Morgan fingerprint density at radius 2 is 1.72 bits per heavy atom. The van der Waals surface area contributed by atoms with Crippen LogP contribution in [0.3, 0.4) is 0 Å². The lowest BCUT2D eigenvalue weighted by Crippen LogP contribution is -2.07. The predicted octanol–water partition coefficient (Wildman–Crippen LogP) is 5.82. The molecule has 1 unspecified atom stereocenters. The zero-order valence-corrected chi connectivity index (χ0v) is 12.0. The van der Waals surface area contributed by atoms with Crippen molar-refractivity contribution >= 4 is 40.5 Å². The van der Waals surface area contributed by atoms with Crippen LogP contribution < -0.4 is 5.32 Å². The molecule has 0 bridgehead atoms. The first kappa shape index (κ1) is 13.5. The van der Waals surface area contributed by atoms with Gasteiger partial charge in [0.1, 0.15) is 0 Å². The maximum Gasteiger partial charge on any atom is 0.0644 e. The molecule has 4 heteroatoms. The summed E-state index contributed by atoms with van der Waals surface area (Å²) in [5.41, 5.74) is 1.91. The largest absolute Gasteiger partial charge is 0.378 e. The highest BCUT2D eigenvalue weighted by Gasteiger charge is 2.11. The van der Waals surface area contributed by atoms with Crippen LogP contribution >= 0.6 is 34.8 Å². The molecular weight excluding hydrogens is 289 g/mol. The Morgan fingerprint density at radius 1 is 1.00 bits per heavy atom. The first-order chi connectivity index (χ1) is 8.58. The summed E-state index contributed by atoms with van der Waals surface area (Å²) in [6, 6.07) is 13.2. The minimum Gasteiger partial charge on any atom is -0.378 e. The van der Waals surface area contributed by atoms with Crippen molar-refractivity contribution < 1.29 is 0 Å². The van der Waals surface area contributed by atoms with Gasteiger partial charge in [-0.2, -0.15) is 0 Å². The highest BCUT2D eigenvalue weighted by Crippen LogP contribution is 2.31. The second-order valence-electron chi connectivity index (χ2n) is 4.02. The van der Waals surface area contributed by atoms with Gasteiger partial charge in [-0.3, -0.25) is 0 Å². The van der Waals surface area contributed by atoms with Gasteiger partial charge in [-0.1, -0.05) is 53.0 Å². The summed E-state index contributed by atoms with van der Waals surface area (Å²) in [6.45, 7) is 2.03. The fourth-order valence-corrected chi connectivity index (χ4v) is 2.42. The van der Waals surface area contributed by atoms with Gasteiger partial charge in [0.15, 0.2) is 0 Å². The van der Waals surface area contributed by atoms with E-state index >= 15 is 0 Å². The lowest BCUT2D eigenvalue weighted by Gasteiger charge is -2.17. The standard InChI is InChI=1S/C14H12Cl3N/c1-9(12-6-3-7-13(16)14(12)17)18-11-5-2-4-10(15)8-11/h2-9,18H,1H3. The monoisotopic (exact) mass is 299 g/mol. The van der Waals surface area contributed by atoms with E-state index in [1.807, 2.05) is 43.3 Å². The molecule has 0 aliphatic carbocycles. The minimum absolute atomic E-state index is 0.0506. The van der Waals surface area contributed by atoms with E-state index < -0.39 is 0 Å². The third kappa shape index (κ3) is 3.11. The van der Waals surface area contributed by atoms with Crippen molar-refractivity contribution in [3.63, 3.8) is 0 Å². The van der Waals surface area contributed by atoms with Crippen molar-refractivity contribution in [2.45, 2.75) is 13.0 Å². The lowest BCUT2D eigenvalue weighted by molar-refractivity contribution is 0.885. The molecule has 94 valence electrons. The van der Waals surface area contributed by atoms with Gasteiger partial charge in [0.2, 0.25) is 0 Å². The molecule has 1 atom stereocenters. The molecule has 0 saturated heterocycles. The topological polar surface area (TPSA) is 12.0 Å². The number of hydrogen-bond donors (Lipinski definition) is 1. The minimum atomic E-state index is 0.0506. The molecular formula is C14H12Cl3N. The Hall–Kier alpha value is -0.890. The summed E-state index contributed by atoms with van der Waals surface area (Å²) in [7, 11) is 0. The second-order valence-corrected chi connectivity index (χ2v) is 5.24. The van der Waals surface area contributed by atoms with Gasteiger partial charge in [0.05, 0.1) is 16.1 Å². The highest BCUT2D eigenvalue weighted by molar-refractivity contribution is 6.42. The van der Waals surface area contributed by atoms with Crippen LogP contribution in [0.2, 0.25) is 15.1 Å². The Labute approximate surface area is 122 Å². The van der Waals surface area contributed by atoms with Gasteiger partial charge in [0.25, 0.3) is 0 Å². The summed E-state index contributed by atoms with van der Waals surface area (Å²) in [6.07, 6.45) is 0. The number of anilines is 1. The molecule has 0 fully saturated rings. The van der Waals surface area contributed by atoms with Crippen LogP contribution in [0.25, 0.3) is 0 Å². The SMILES string of the molecule is CC(Nc1cccc(Cl)c1)c1cccc(Cl)c1Cl. The van der Waals surface area contributed by atoms with Crippen molar-refractivity contribution in [1.82, 2.24) is 0 Å². The van der Waals surface area contributed by atoms with Gasteiger partial charge in [-0.15, -0.1) is 0 Å². The van der Waals surface area contributed by atoms with Gasteiger partial charge < -0.3 is 5.32 Å².